The van der Waals surface area contributed by atoms with Gasteiger partial charge in [-0.05, 0) is 25.9 Å². The molecule has 0 spiro atoms. The van der Waals surface area contributed by atoms with E-state index in [-0.39, 0.29) is 0 Å². The van der Waals surface area contributed by atoms with Gasteiger partial charge in [-0.25, -0.2) is 10.8 Å². The Hall–Kier alpha value is -1.40. The summed E-state index contributed by atoms with van der Waals surface area (Å²) in [6, 6.07) is 0.608. The molecule has 0 radical (unpaired) electrons. The summed E-state index contributed by atoms with van der Waals surface area (Å²) < 4.78 is 0. The van der Waals surface area contributed by atoms with E-state index in [4.69, 9.17) is 5.84 Å². The van der Waals surface area contributed by atoms with Gasteiger partial charge in [0.2, 0.25) is 0 Å². The van der Waals surface area contributed by atoms with Crippen molar-refractivity contribution in [3.63, 3.8) is 0 Å². The van der Waals surface area contributed by atoms with Gasteiger partial charge in [0, 0.05) is 12.6 Å². The number of hydrogen-bond acceptors (Lipinski definition) is 6. The van der Waals surface area contributed by atoms with E-state index >= 15 is 0 Å². The van der Waals surface area contributed by atoms with E-state index in [1.54, 1.807) is 12.4 Å². The summed E-state index contributed by atoms with van der Waals surface area (Å²) in [6.07, 6.45) is 5.85. The van der Waals surface area contributed by atoms with Crippen molar-refractivity contribution >= 4 is 11.6 Å². The SMILES string of the molecule is CCN1CCCC1CNc1cncc(NN)n1. The molecule has 6 heteroatoms. The molecule has 1 atom stereocenters. The number of likely N-dealkylation sites (N-methyl/N-ethyl adjacent to an activating group) is 1. The quantitative estimate of drug-likeness (QED) is 0.515. The van der Waals surface area contributed by atoms with Crippen LogP contribution in [0, 0.1) is 0 Å². The number of rotatable bonds is 5. The van der Waals surface area contributed by atoms with Gasteiger partial charge in [0.05, 0.1) is 12.4 Å². The topological polar surface area (TPSA) is 79.1 Å². The van der Waals surface area contributed by atoms with Crippen LogP contribution in [0.3, 0.4) is 0 Å². The smallest absolute Gasteiger partial charge is 0.160 e. The molecule has 17 heavy (non-hydrogen) atoms. The molecule has 0 aliphatic carbocycles. The maximum Gasteiger partial charge on any atom is 0.160 e. The molecule has 1 aliphatic heterocycles. The first kappa shape index (κ1) is 12.1. The van der Waals surface area contributed by atoms with Crippen molar-refractivity contribution in [3.8, 4) is 0 Å². The Morgan fingerprint density at radius 2 is 2.29 bits per heavy atom. The molecular formula is C11H20N6. The molecule has 2 rings (SSSR count). The molecule has 0 bridgehead atoms. The largest absolute Gasteiger partial charge is 0.367 e. The number of nitrogens with one attached hydrogen (secondary N) is 2. The number of nitrogens with zero attached hydrogens (tertiary/aromatic N) is 3. The van der Waals surface area contributed by atoms with Crippen molar-refractivity contribution in [2.45, 2.75) is 25.8 Å². The zero-order valence-corrected chi connectivity index (χ0v) is 10.2. The van der Waals surface area contributed by atoms with Crippen molar-refractivity contribution < 1.29 is 0 Å². The highest BCUT2D eigenvalue weighted by molar-refractivity contribution is 5.40. The summed E-state index contributed by atoms with van der Waals surface area (Å²) in [7, 11) is 0. The van der Waals surface area contributed by atoms with Gasteiger partial charge in [0.25, 0.3) is 0 Å². The summed E-state index contributed by atoms with van der Waals surface area (Å²) in [6.45, 7) is 5.44. The van der Waals surface area contributed by atoms with E-state index in [0.717, 1.165) is 18.9 Å². The first-order chi connectivity index (χ1) is 8.33. The minimum absolute atomic E-state index is 0.578. The molecule has 1 aromatic heterocycles. The summed E-state index contributed by atoms with van der Waals surface area (Å²) >= 11 is 0. The standard InChI is InChI=1S/C11H20N6/c1-2-17-5-3-4-9(17)6-14-10-7-13-8-11(15-10)16-12/h7-9H,2-6,12H2,1H3,(H2,14,15,16). The molecule has 0 saturated carbocycles. The third-order valence-electron chi connectivity index (χ3n) is 3.21. The van der Waals surface area contributed by atoms with Crippen LogP contribution in [-0.4, -0.2) is 40.5 Å². The summed E-state index contributed by atoms with van der Waals surface area (Å²) in [5, 5.41) is 3.31. The number of hydrogen-bond donors (Lipinski definition) is 3. The molecule has 2 heterocycles. The highest BCUT2D eigenvalue weighted by Gasteiger charge is 2.22. The van der Waals surface area contributed by atoms with Crippen LogP contribution < -0.4 is 16.6 Å². The van der Waals surface area contributed by atoms with Crippen LogP contribution in [0.1, 0.15) is 19.8 Å². The highest BCUT2D eigenvalue weighted by Crippen LogP contribution is 2.17. The predicted octanol–water partition coefficient (Wildman–Crippen LogP) is 0.658. The Balaban J connectivity index is 1.88. The third-order valence-corrected chi connectivity index (χ3v) is 3.21. The predicted molar refractivity (Wildman–Crippen MR) is 68.6 cm³/mol. The van der Waals surface area contributed by atoms with Gasteiger partial charge in [0.15, 0.2) is 5.82 Å². The molecule has 1 fully saturated rings. The fourth-order valence-electron chi connectivity index (χ4n) is 2.29. The molecule has 0 aromatic carbocycles. The van der Waals surface area contributed by atoms with E-state index < -0.39 is 0 Å². The van der Waals surface area contributed by atoms with Gasteiger partial charge < -0.3 is 10.7 Å². The number of hydrazine groups is 1. The lowest BCUT2D eigenvalue weighted by atomic mass is 10.2. The maximum absolute atomic E-state index is 5.29. The second-order valence-corrected chi connectivity index (χ2v) is 4.24. The van der Waals surface area contributed by atoms with Crippen LogP contribution in [0.5, 0.6) is 0 Å². The van der Waals surface area contributed by atoms with Crippen LogP contribution in [-0.2, 0) is 0 Å². The lowest BCUT2D eigenvalue weighted by molar-refractivity contribution is 0.277. The van der Waals surface area contributed by atoms with Crippen LogP contribution in [0.2, 0.25) is 0 Å². The van der Waals surface area contributed by atoms with Crippen LogP contribution in [0.4, 0.5) is 11.6 Å². The Morgan fingerprint density at radius 1 is 1.47 bits per heavy atom. The summed E-state index contributed by atoms with van der Waals surface area (Å²) in [5.41, 5.74) is 2.49. The average molecular weight is 236 g/mol. The van der Waals surface area contributed by atoms with E-state index in [1.807, 2.05) is 0 Å². The lowest BCUT2D eigenvalue weighted by Crippen LogP contribution is -2.34. The molecule has 1 aromatic rings. The second-order valence-electron chi connectivity index (χ2n) is 4.24. The van der Waals surface area contributed by atoms with Gasteiger partial charge >= 0.3 is 0 Å². The van der Waals surface area contributed by atoms with Crippen LogP contribution in [0.25, 0.3) is 0 Å². The van der Waals surface area contributed by atoms with Crippen molar-refractivity contribution in [2.75, 3.05) is 30.4 Å². The number of nitrogen functional groups attached to an aromatic ring is 1. The van der Waals surface area contributed by atoms with E-state index in [9.17, 15) is 0 Å². The Labute approximate surface area is 102 Å². The van der Waals surface area contributed by atoms with Gasteiger partial charge in [-0.2, -0.15) is 0 Å². The van der Waals surface area contributed by atoms with Crippen molar-refractivity contribution in [3.05, 3.63) is 12.4 Å². The van der Waals surface area contributed by atoms with Crippen molar-refractivity contribution in [1.82, 2.24) is 14.9 Å². The zero-order valence-electron chi connectivity index (χ0n) is 10.2. The second kappa shape index (κ2) is 5.79. The van der Waals surface area contributed by atoms with E-state index in [1.165, 1.54) is 19.4 Å². The Bertz CT molecular complexity index is 356. The average Bonchev–Trinajstić information content (AvgIpc) is 2.84. The number of anilines is 2. The summed E-state index contributed by atoms with van der Waals surface area (Å²) in [4.78, 5) is 10.8. The van der Waals surface area contributed by atoms with Crippen LogP contribution >= 0.6 is 0 Å². The number of likely N-dealkylation sites (tertiary alicyclic amines) is 1. The minimum atomic E-state index is 0.578. The van der Waals surface area contributed by atoms with E-state index in [2.05, 4.69) is 32.5 Å². The molecule has 0 amide bonds. The molecule has 6 nitrogen and oxygen atoms in total. The van der Waals surface area contributed by atoms with Gasteiger partial charge in [-0.3, -0.25) is 9.88 Å². The number of nitrogens with two attached hydrogens (primary N) is 1. The first-order valence-corrected chi connectivity index (χ1v) is 6.10. The fourth-order valence-corrected chi connectivity index (χ4v) is 2.29. The Morgan fingerprint density at radius 3 is 3.06 bits per heavy atom. The van der Waals surface area contributed by atoms with Crippen molar-refractivity contribution in [2.24, 2.45) is 5.84 Å². The van der Waals surface area contributed by atoms with E-state index in [0.29, 0.717) is 11.9 Å². The molecular weight excluding hydrogens is 216 g/mol. The zero-order chi connectivity index (χ0) is 12.1. The molecule has 4 N–H and O–H groups in total. The monoisotopic (exact) mass is 236 g/mol. The fraction of sp³-hybridized carbons (Fsp3) is 0.636. The first-order valence-electron chi connectivity index (χ1n) is 6.10. The van der Waals surface area contributed by atoms with Crippen LogP contribution in [0.15, 0.2) is 12.4 Å². The number of aromatic nitrogens is 2. The Kier molecular flexibility index (Phi) is 4.11. The van der Waals surface area contributed by atoms with Gasteiger partial charge in [0.1, 0.15) is 5.82 Å². The lowest BCUT2D eigenvalue weighted by Gasteiger charge is -2.23. The normalized spacial score (nSPS) is 20.5. The molecule has 1 aliphatic rings. The maximum atomic E-state index is 5.29. The summed E-state index contributed by atoms with van der Waals surface area (Å²) in [5.74, 6) is 6.64. The molecule has 1 saturated heterocycles. The van der Waals surface area contributed by atoms with Crippen molar-refractivity contribution in [1.29, 1.82) is 0 Å². The minimum Gasteiger partial charge on any atom is -0.367 e. The molecule has 1 unspecified atom stereocenters. The highest BCUT2D eigenvalue weighted by atomic mass is 15.3. The molecule has 94 valence electrons. The van der Waals surface area contributed by atoms with Gasteiger partial charge in [-0.1, -0.05) is 6.92 Å². The van der Waals surface area contributed by atoms with Gasteiger partial charge in [-0.15, -0.1) is 0 Å². The third kappa shape index (κ3) is 3.04.